The third-order valence-corrected chi connectivity index (χ3v) is 6.03. The van der Waals surface area contributed by atoms with Gasteiger partial charge in [-0.05, 0) is 49.9 Å². The van der Waals surface area contributed by atoms with Crippen LogP contribution in [0.1, 0.15) is 24.0 Å². The van der Waals surface area contributed by atoms with Crippen molar-refractivity contribution in [2.75, 3.05) is 32.6 Å². The third kappa shape index (κ3) is 3.39. The average Bonchev–Trinajstić information content (AvgIpc) is 2.90. The predicted molar refractivity (Wildman–Crippen MR) is 84.3 cm³/mol. The molecular weight excluding hydrogens is 288 g/mol. The summed E-state index contributed by atoms with van der Waals surface area (Å²) in [5.41, 5.74) is 2.45. The highest BCUT2D eigenvalue weighted by Crippen LogP contribution is 2.27. The van der Waals surface area contributed by atoms with Gasteiger partial charge in [0.2, 0.25) is 10.0 Å². The minimum absolute atomic E-state index is 0.0157. The van der Waals surface area contributed by atoms with Crippen LogP contribution in [0.25, 0.3) is 0 Å². The number of sulfonamides is 1. The fourth-order valence-corrected chi connectivity index (χ4v) is 4.44. The van der Waals surface area contributed by atoms with Crippen molar-refractivity contribution < 1.29 is 13.2 Å². The molecule has 118 valence electrons. The highest BCUT2D eigenvalue weighted by molar-refractivity contribution is 7.89. The molecule has 0 aliphatic carbocycles. The summed E-state index contributed by atoms with van der Waals surface area (Å²) in [5.74, 6) is 0. The summed E-state index contributed by atoms with van der Waals surface area (Å²) in [7, 11) is -0.0350. The second-order valence-electron chi connectivity index (χ2n) is 5.61. The molecule has 0 radical (unpaired) electrons. The Kier molecular flexibility index (Phi) is 4.91. The van der Waals surface area contributed by atoms with E-state index in [1.54, 1.807) is 7.05 Å². The highest BCUT2D eigenvalue weighted by Gasteiger charge is 2.28. The minimum Gasteiger partial charge on any atom is -0.388 e. The maximum atomic E-state index is 12.8. The molecular formula is C15H24N2O3S. The van der Waals surface area contributed by atoms with Crippen LogP contribution in [-0.2, 0) is 14.8 Å². The van der Waals surface area contributed by atoms with Crippen LogP contribution in [0, 0.1) is 13.8 Å². The Labute approximate surface area is 127 Å². The van der Waals surface area contributed by atoms with Crippen molar-refractivity contribution in [1.29, 1.82) is 0 Å². The number of likely N-dealkylation sites (N-methyl/N-ethyl adjacent to an activating group) is 1. The van der Waals surface area contributed by atoms with Crippen molar-refractivity contribution in [1.82, 2.24) is 4.31 Å². The standard InChI is InChI=1S/C15H24N2O3S/c1-11-8-13(16-3)9-12(2)15(11)21(18,19)17(4)10-14-6-5-7-20-14/h8-9,14,16H,5-7,10H2,1-4H3. The van der Waals surface area contributed by atoms with E-state index in [2.05, 4.69) is 5.32 Å². The molecule has 2 rings (SSSR count). The van der Waals surface area contributed by atoms with Gasteiger partial charge in [0.25, 0.3) is 0 Å². The van der Waals surface area contributed by atoms with Crippen LogP contribution in [0.2, 0.25) is 0 Å². The van der Waals surface area contributed by atoms with Crippen molar-refractivity contribution in [3.05, 3.63) is 23.3 Å². The SMILES string of the molecule is CNc1cc(C)c(S(=O)(=O)N(C)CC2CCCO2)c(C)c1. The molecule has 0 aromatic heterocycles. The van der Waals surface area contributed by atoms with E-state index in [0.29, 0.717) is 11.4 Å². The molecule has 21 heavy (non-hydrogen) atoms. The van der Waals surface area contributed by atoms with Gasteiger partial charge in [-0.25, -0.2) is 8.42 Å². The van der Waals surface area contributed by atoms with Gasteiger partial charge in [-0.3, -0.25) is 0 Å². The molecule has 1 atom stereocenters. The van der Waals surface area contributed by atoms with Crippen molar-refractivity contribution >= 4 is 15.7 Å². The Morgan fingerprint density at radius 3 is 2.43 bits per heavy atom. The first-order valence-corrected chi connectivity index (χ1v) is 8.67. The number of nitrogens with zero attached hydrogens (tertiary/aromatic N) is 1. The van der Waals surface area contributed by atoms with E-state index in [9.17, 15) is 8.42 Å². The maximum absolute atomic E-state index is 12.8. The second kappa shape index (κ2) is 6.34. The summed E-state index contributed by atoms with van der Waals surface area (Å²) in [6.07, 6.45) is 1.95. The number of hydrogen-bond acceptors (Lipinski definition) is 4. The first kappa shape index (κ1) is 16.3. The normalized spacial score (nSPS) is 19.2. The van der Waals surface area contributed by atoms with Crippen molar-refractivity contribution in [3.63, 3.8) is 0 Å². The van der Waals surface area contributed by atoms with Gasteiger partial charge in [0.15, 0.2) is 0 Å². The average molecular weight is 312 g/mol. The molecule has 5 nitrogen and oxygen atoms in total. The van der Waals surface area contributed by atoms with Crippen LogP contribution in [0.5, 0.6) is 0 Å². The molecule has 1 aromatic carbocycles. The predicted octanol–water partition coefficient (Wildman–Crippen LogP) is 2.14. The second-order valence-corrected chi connectivity index (χ2v) is 7.59. The molecule has 1 aliphatic rings. The van der Waals surface area contributed by atoms with Crippen molar-refractivity contribution in [2.45, 2.75) is 37.7 Å². The maximum Gasteiger partial charge on any atom is 0.243 e. The summed E-state index contributed by atoms with van der Waals surface area (Å²) < 4.78 is 32.6. The summed E-state index contributed by atoms with van der Waals surface area (Å²) in [4.78, 5) is 0.405. The summed E-state index contributed by atoms with van der Waals surface area (Å²) in [5, 5.41) is 3.05. The van der Waals surface area contributed by atoms with Gasteiger partial charge in [-0.2, -0.15) is 4.31 Å². The molecule has 0 spiro atoms. The zero-order valence-electron chi connectivity index (χ0n) is 13.1. The molecule has 1 saturated heterocycles. The topological polar surface area (TPSA) is 58.6 Å². The minimum atomic E-state index is -3.49. The van der Waals surface area contributed by atoms with E-state index in [-0.39, 0.29) is 6.10 Å². The number of hydrogen-bond donors (Lipinski definition) is 1. The number of ether oxygens (including phenoxy) is 1. The molecule has 1 heterocycles. The van der Waals surface area contributed by atoms with E-state index in [1.807, 2.05) is 33.0 Å². The van der Waals surface area contributed by atoms with Gasteiger partial charge in [0, 0.05) is 32.9 Å². The molecule has 0 bridgehead atoms. The van der Waals surface area contributed by atoms with E-state index in [4.69, 9.17) is 4.74 Å². The number of rotatable bonds is 5. The molecule has 1 aromatic rings. The molecule has 6 heteroatoms. The van der Waals surface area contributed by atoms with Crippen LogP contribution >= 0.6 is 0 Å². The monoisotopic (exact) mass is 312 g/mol. The van der Waals surface area contributed by atoms with Gasteiger partial charge in [0.1, 0.15) is 0 Å². The van der Waals surface area contributed by atoms with Gasteiger partial charge >= 0.3 is 0 Å². The summed E-state index contributed by atoms with van der Waals surface area (Å²) in [6.45, 7) is 4.81. The molecule has 1 N–H and O–H groups in total. The highest BCUT2D eigenvalue weighted by atomic mass is 32.2. The van der Waals surface area contributed by atoms with Crippen molar-refractivity contribution in [2.24, 2.45) is 0 Å². The molecule has 0 amide bonds. The lowest BCUT2D eigenvalue weighted by atomic mass is 10.1. The largest absolute Gasteiger partial charge is 0.388 e. The smallest absolute Gasteiger partial charge is 0.243 e. The number of anilines is 1. The Bertz CT molecular complexity index is 584. The molecule has 1 fully saturated rings. The fraction of sp³-hybridized carbons (Fsp3) is 0.600. The Hall–Kier alpha value is -1.11. The lowest BCUT2D eigenvalue weighted by molar-refractivity contribution is 0.0978. The zero-order valence-corrected chi connectivity index (χ0v) is 14.0. The first-order valence-electron chi connectivity index (χ1n) is 7.23. The number of nitrogens with one attached hydrogen (secondary N) is 1. The zero-order chi connectivity index (χ0) is 15.6. The summed E-state index contributed by atoms with van der Waals surface area (Å²) >= 11 is 0. The lowest BCUT2D eigenvalue weighted by Crippen LogP contribution is -2.34. The molecule has 1 aliphatic heterocycles. The van der Waals surface area contributed by atoms with Crippen molar-refractivity contribution in [3.8, 4) is 0 Å². The van der Waals surface area contributed by atoms with Gasteiger partial charge in [-0.15, -0.1) is 0 Å². The summed E-state index contributed by atoms with van der Waals surface area (Å²) in [6, 6.07) is 3.72. The van der Waals surface area contributed by atoms with E-state index in [0.717, 1.165) is 36.3 Å². The van der Waals surface area contributed by atoms with Gasteiger partial charge < -0.3 is 10.1 Å². The quantitative estimate of drug-likeness (QED) is 0.905. The van der Waals surface area contributed by atoms with E-state index >= 15 is 0 Å². The van der Waals surface area contributed by atoms with Crippen LogP contribution in [-0.4, -0.2) is 46.1 Å². The van der Waals surface area contributed by atoms with E-state index in [1.165, 1.54) is 4.31 Å². The van der Waals surface area contributed by atoms with Crippen LogP contribution in [0.3, 0.4) is 0 Å². The fourth-order valence-electron chi connectivity index (χ4n) is 2.83. The number of aryl methyl sites for hydroxylation is 2. The third-order valence-electron chi connectivity index (χ3n) is 3.90. The van der Waals surface area contributed by atoms with Crippen LogP contribution < -0.4 is 5.32 Å². The molecule has 1 unspecified atom stereocenters. The van der Waals surface area contributed by atoms with E-state index < -0.39 is 10.0 Å². The van der Waals surface area contributed by atoms with Gasteiger partial charge in [0.05, 0.1) is 11.0 Å². The van der Waals surface area contributed by atoms with Gasteiger partial charge in [-0.1, -0.05) is 0 Å². The van der Waals surface area contributed by atoms with Crippen LogP contribution in [0.15, 0.2) is 17.0 Å². The Morgan fingerprint density at radius 2 is 1.95 bits per heavy atom. The van der Waals surface area contributed by atoms with Crippen LogP contribution in [0.4, 0.5) is 5.69 Å². The Morgan fingerprint density at radius 1 is 1.33 bits per heavy atom. The number of benzene rings is 1. The first-order chi connectivity index (χ1) is 9.86. The lowest BCUT2D eigenvalue weighted by Gasteiger charge is -2.23. The Balaban J connectivity index is 2.30. The molecule has 0 saturated carbocycles.